The van der Waals surface area contributed by atoms with Crippen molar-refractivity contribution in [3.05, 3.63) is 11.3 Å². The van der Waals surface area contributed by atoms with Gasteiger partial charge in [-0.05, 0) is 12.8 Å². The van der Waals surface area contributed by atoms with E-state index in [0.717, 1.165) is 19.3 Å². The molecule has 4 heteroatoms. The molecule has 1 atom stereocenters. The second kappa shape index (κ2) is 10.4. The summed E-state index contributed by atoms with van der Waals surface area (Å²) in [4.78, 5) is 23.7. The SMILES string of the molecule is CCCCCCCCCCC1CC(=O)/C(=C(\O)CC)C(=O)O1. The minimum atomic E-state index is -0.653. The van der Waals surface area contributed by atoms with Crippen molar-refractivity contribution in [1.29, 1.82) is 0 Å². The summed E-state index contributed by atoms with van der Waals surface area (Å²) in [5.41, 5.74) is -0.144. The molecule has 1 heterocycles. The van der Waals surface area contributed by atoms with Crippen molar-refractivity contribution in [1.82, 2.24) is 0 Å². The molecule has 0 aromatic heterocycles. The third-order valence-corrected chi connectivity index (χ3v) is 4.17. The number of esters is 1. The predicted octanol–water partition coefficient (Wildman–Crippen LogP) is 4.62. The monoisotopic (exact) mass is 310 g/mol. The highest BCUT2D eigenvalue weighted by Crippen LogP contribution is 2.23. The standard InChI is InChI=1S/C18H30O4/c1-3-5-6-7-8-9-10-11-12-14-13-16(20)17(15(19)4-2)18(21)22-14/h14,19H,3-13H2,1-2H3/b17-15+. The smallest absolute Gasteiger partial charge is 0.345 e. The molecule has 0 radical (unpaired) electrons. The minimum absolute atomic E-state index is 0.144. The van der Waals surface area contributed by atoms with E-state index in [2.05, 4.69) is 6.92 Å². The van der Waals surface area contributed by atoms with Crippen LogP contribution < -0.4 is 0 Å². The molecule has 0 saturated carbocycles. The van der Waals surface area contributed by atoms with E-state index in [1.165, 1.54) is 38.5 Å². The fourth-order valence-corrected chi connectivity index (χ4v) is 2.80. The number of carbonyl (C=O) groups excluding carboxylic acids is 2. The Balaban J connectivity index is 2.21. The summed E-state index contributed by atoms with van der Waals surface area (Å²) >= 11 is 0. The molecule has 1 rings (SSSR count). The van der Waals surface area contributed by atoms with Gasteiger partial charge in [-0.1, -0.05) is 58.8 Å². The maximum atomic E-state index is 11.9. The molecule has 0 aromatic rings. The van der Waals surface area contributed by atoms with Crippen LogP contribution in [0.25, 0.3) is 0 Å². The van der Waals surface area contributed by atoms with E-state index in [0.29, 0.717) is 0 Å². The maximum absolute atomic E-state index is 11.9. The highest BCUT2D eigenvalue weighted by Gasteiger charge is 2.33. The Labute approximate surface area is 133 Å². The third kappa shape index (κ3) is 6.20. The van der Waals surface area contributed by atoms with Crippen LogP contribution in [0.15, 0.2) is 11.3 Å². The van der Waals surface area contributed by atoms with E-state index >= 15 is 0 Å². The average Bonchev–Trinajstić information content (AvgIpc) is 2.49. The normalized spacial score (nSPS) is 20.9. The highest BCUT2D eigenvalue weighted by molar-refractivity contribution is 6.19. The van der Waals surface area contributed by atoms with Crippen LogP contribution in [0.1, 0.15) is 84.5 Å². The van der Waals surface area contributed by atoms with Crippen molar-refractivity contribution in [2.24, 2.45) is 0 Å². The molecule has 0 aliphatic carbocycles. The van der Waals surface area contributed by atoms with Gasteiger partial charge in [0.2, 0.25) is 0 Å². The maximum Gasteiger partial charge on any atom is 0.345 e. The van der Waals surface area contributed by atoms with E-state index < -0.39 is 5.97 Å². The molecule has 126 valence electrons. The zero-order chi connectivity index (χ0) is 16.4. The number of Topliss-reactive ketones (excluding diaryl/α,β-unsaturated/α-hetero) is 1. The number of ether oxygens (including phenoxy) is 1. The lowest BCUT2D eigenvalue weighted by Gasteiger charge is -2.23. The molecule has 0 spiro atoms. The average molecular weight is 310 g/mol. The number of carbonyl (C=O) groups is 2. The summed E-state index contributed by atoms with van der Waals surface area (Å²) in [5.74, 6) is -1.08. The molecule has 0 amide bonds. The van der Waals surface area contributed by atoms with Gasteiger partial charge in [0.05, 0.1) is 0 Å². The van der Waals surface area contributed by atoms with Crippen LogP contribution >= 0.6 is 0 Å². The zero-order valence-electron chi connectivity index (χ0n) is 14.0. The molecule has 1 unspecified atom stereocenters. The molecule has 0 bridgehead atoms. The molecule has 1 aliphatic heterocycles. The Bertz CT molecular complexity index is 378. The molecule has 1 aliphatic rings. The fraction of sp³-hybridized carbons (Fsp3) is 0.778. The van der Waals surface area contributed by atoms with Crippen LogP contribution in [-0.4, -0.2) is 23.0 Å². The van der Waals surface area contributed by atoms with Crippen molar-refractivity contribution in [2.75, 3.05) is 0 Å². The first kappa shape index (κ1) is 18.7. The van der Waals surface area contributed by atoms with Crippen LogP contribution in [0.2, 0.25) is 0 Å². The van der Waals surface area contributed by atoms with E-state index in [9.17, 15) is 14.7 Å². The first-order valence-corrected chi connectivity index (χ1v) is 8.76. The Morgan fingerprint density at radius 2 is 1.64 bits per heavy atom. The molecular formula is C18H30O4. The number of aliphatic hydroxyl groups is 1. The summed E-state index contributed by atoms with van der Waals surface area (Å²) in [6.07, 6.45) is 10.7. The van der Waals surface area contributed by atoms with Gasteiger partial charge in [0.15, 0.2) is 5.78 Å². The number of aliphatic hydroxyl groups excluding tert-OH is 1. The summed E-state index contributed by atoms with van der Waals surface area (Å²) in [6, 6.07) is 0. The van der Waals surface area contributed by atoms with Gasteiger partial charge in [0.1, 0.15) is 17.4 Å². The number of cyclic esters (lactones) is 1. The molecule has 0 aromatic carbocycles. The summed E-state index contributed by atoms with van der Waals surface area (Å²) in [5, 5.41) is 9.60. The van der Waals surface area contributed by atoms with Crippen molar-refractivity contribution < 1.29 is 19.4 Å². The van der Waals surface area contributed by atoms with E-state index in [1.54, 1.807) is 6.92 Å². The number of hydrogen-bond acceptors (Lipinski definition) is 4. The van der Waals surface area contributed by atoms with Crippen LogP contribution in [0.5, 0.6) is 0 Å². The van der Waals surface area contributed by atoms with Gasteiger partial charge in [-0.15, -0.1) is 0 Å². The van der Waals surface area contributed by atoms with Crippen LogP contribution in [-0.2, 0) is 14.3 Å². The summed E-state index contributed by atoms with van der Waals surface area (Å²) in [6.45, 7) is 3.92. The van der Waals surface area contributed by atoms with Gasteiger partial charge in [-0.3, -0.25) is 4.79 Å². The molecule has 1 saturated heterocycles. The minimum Gasteiger partial charge on any atom is -0.511 e. The Kier molecular flexibility index (Phi) is 8.86. The van der Waals surface area contributed by atoms with E-state index in [1.807, 2.05) is 0 Å². The van der Waals surface area contributed by atoms with Gasteiger partial charge in [-0.2, -0.15) is 0 Å². The Morgan fingerprint density at radius 1 is 1.05 bits per heavy atom. The van der Waals surface area contributed by atoms with E-state index in [-0.39, 0.29) is 36.1 Å². The van der Waals surface area contributed by atoms with Crippen LogP contribution in [0, 0.1) is 0 Å². The zero-order valence-corrected chi connectivity index (χ0v) is 14.0. The molecule has 1 N–H and O–H groups in total. The Hall–Kier alpha value is -1.32. The first-order chi connectivity index (χ1) is 10.6. The van der Waals surface area contributed by atoms with Gasteiger partial charge in [0.25, 0.3) is 0 Å². The number of allylic oxidation sites excluding steroid dienone is 1. The van der Waals surface area contributed by atoms with Crippen LogP contribution in [0.4, 0.5) is 0 Å². The topological polar surface area (TPSA) is 63.6 Å². The molecule has 22 heavy (non-hydrogen) atoms. The van der Waals surface area contributed by atoms with Gasteiger partial charge >= 0.3 is 5.97 Å². The number of ketones is 1. The Morgan fingerprint density at radius 3 is 2.18 bits per heavy atom. The quantitative estimate of drug-likeness (QED) is 0.210. The number of hydrogen-bond donors (Lipinski definition) is 1. The van der Waals surface area contributed by atoms with Gasteiger partial charge < -0.3 is 9.84 Å². The second-order valence-corrected chi connectivity index (χ2v) is 6.09. The third-order valence-electron chi connectivity index (χ3n) is 4.17. The lowest BCUT2D eigenvalue weighted by Crippen LogP contribution is -2.33. The predicted molar refractivity (Wildman–Crippen MR) is 86.7 cm³/mol. The van der Waals surface area contributed by atoms with E-state index in [4.69, 9.17) is 4.74 Å². The summed E-state index contributed by atoms with van der Waals surface area (Å²) < 4.78 is 5.27. The lowest BCUT2D eigenvalue weighted by molar-refractivity contribution is -0.151. The van der Waals surface area contributed by atoms with Crippen molar-refractivity contribution in [2.45, 2.75) is 90.6 Å². The lowest BCUT2D eigenvalue weighted by atomic mass is 9.96. The molecule has 4 nitrogen and oxygen atoms in total. The summed E-state index contributed by atoms with van der Waals surface area (Å²) in [7, 11) is 0. The van der Waals surface area contributed by atoms with Gasteiger partial charge in [-0.25, -0.2) is 4.79 Å². The van der Waals surface area contributed by atoms with Gasteiger partial charge in [0, 0.05) is 12.8 Å². The highest BCUT2D eigenvalue weighted by atomic mass is 16.5. The van der Waals surface area contributed by atoms with Crippen molar-refractivity contribution >= 4 is 11.8 Å². The first-order valence-electron chi connectivity index (χ1n) is 8.76. The van der Waals surface area contributed by atoms with Crippen molar-refractivity contribution in [3.8, 4) is 0 Å². The largest absolute Gasteiger partial charge is 0.511 e. The van der Waals surface area contributed by atoms with Crippen LogP contribution in [0.3, 0.4) is 0 Å². The number of unbranched alkanes of at least 4 members (excludes halogenated alkanes) is 7. The molecule has 1 fully saturated rings. The van der Waals surface area contributed by atoms with Crippen molar-refractivity contribution in [3.63, 3.8) is 0 Å². The number of rotatable bonds is 10. The fourth-order valence-electron chi connectivity index (χ4n) is 2.80. The second-order valence-electron chi connectivity index (χ2n) is 6.09. The molecular weight excluding hydrogens is 280 g/mol.